The fraction of sp³-hybridized carbons (Fsp3) is 0.835. The zero-order valence-electron chi connectivity index (χ0n) is 62.9. The summed E-state index contributed by atoms with van der Waals surface area (Å²) in [4.78, 5) is 35.5. The predicted octanol–water partition coefficient (Wildman–Crippen LogP) is 27.9. The van der Waals surface area contributed by atoms with E-state index in [2.05, 4.69) is 86.8 Å². The van der Waals surface area contributed by atoms with Crippen LogP contribution in [0.1, 0.15) is 425 Å². The number of esters is 2. The second-order valence-electron chi connectivity index (χ2n) is 28.0. The zero-order chi connectivity index (χ0) is 68.6. The zero-order valence-corrected chi connectivity index (χ0v) is 63.8. The summed E-state index contributed by atoms with van der Waals surface area (Å²) in [6.07, 6.45) is 108. The molecule has 0 aliphatic heterocycles. The van der Waals surface area contributed by atoms with E-state index in [1.807, 2.05) is 0 Å². The monoisotopic (exact) mass is 1350 g/mol. The molecule has 0 amide bonds. The van der Waals surface area contributed by atoms with Gasteiger partial charge in [-0.25, -0.2) is 4.57 Å². The highest BCUT2D eigenvalue weighted by Crippen LogP contribution is 2.43. The largest absolute Gasteiger partial charge is 0.472 e. The summed E-state index contributed by atoms with van der Waals surface area (Å²) in [5, 5.41) is 0. The van der Waals surface area contributed by atoms with Gasteiger partial charge in [0, 0.05) is 19.4 Å². The van der Waals surface area contributed by atoms with E-state index in [4.69, 9.17) is 24.3 Å². The number of allylic oxidation sites excluding steroid dienone is 12. The maximum Gasteiger partial charge on any atom is 0.472 e. The summed E-state index contributed by atoms with van der Waals surface area (Å²) in [6, 6.07) is 0. The molecule has 0 heterocycles. The number of carbonyl (C=O) groups is 2. The van der Waals surface area contributed by atoms with E-state index in [-0.39, 0.29) is 38.6 Å². The number of unbranched alkanes of at least 4 members (excludes halogenated alkanes) is 54. The average molecular weight is 1350 g/mol. The van der Waals surface area contributed by atoms with Crippen LogP contribution in [0.4, 0.5) is 0 Å². The highest BCUT2D eigenvalue weighted by Gasteiger charge is 2.26. The molecule has 0 fully saturated rings. The van der Waals surface area contributed by atoms with Crippen LogP contribution in [-0.4, -0.2) is 49.3 Å². The molecule has 9 nitrogen and oxygen atoms in total. The lowest BCUT2D eigenvalue weighted by atomic mass is 10.0. The summed E-state index contributed by atoms with van der Waals surface area (Å²) in [5.41, 5.74) is 5.42. The third-order valence-electron chi connectivity index (χ3n) is 18.6. The van der Waals surface area contributed by atoms with Crippen molar-refractivity contribution >= 4 is 19.8 Å². The second kappa shape index (κ2) is 80.4. The Bertz CT molecular complexity index is 1790. The summed E-state index contributed by atoms with van der Waals surface area (Å²) in [7, 11) is -4.40. The maximum absolute atomic E-state index is 12.8. The minimum atomic E-state index is -4.40. The first-order valence-corrected chi connectivity index (χ1v) is 42.9. The van der Waals surface area contributed by atoms with E-state index in [9.17, 15) is 19.0 Å². The highest BCUT2D eigenvalue weighted by atomic mass is 31.2. The summed E-state index contributed by atoms with van der Waals surface area (Å²) in [6.45, 7) is 3.71. The number of phosphoric acid groups is 1. The van der Waals surface area contributed by atoms with Crippen molar-refractivity contribution in [1.82, 2.24) is 0 Å². The van der Waals surface area contributed by atoms with E-state index in [1.54, 1.807) is 0 Å². The van der Waals surface area contributed by atoms with Crippen LogP contribution in [-0.2, 0) is 32.7 Å². The molecule has 0 saturated heterocycles. The Kier molecular flexibility index (Phi) is 78.3. The van der Waals surface area contributed by atoms with Crippen LogP contribution in [0.5, 0.6) is 0 Å². The van der Waals surface area contributed by atoms with Gasteiger partial charge in [0.15, 0.2) is 6.10 Å². The number of hydrogen-bond acceptors (Lipinski definition) is 8. The molecule has 0 bridgehead atoms. The normalized spacial score (nSPS) is 13.2. The number of phosphoric ester groups is 1. The van der Waals surface area contributed by atoms with Crippen molar-refractivity contribution in [3.05, 3.63) is 72.9 Å². The molecule has 2 unspecified atom stereocenters. The van der Waals surface area contributed by atoms with E-state index in [1.165, 1.54) is 327 Å². The van der Waals surface area contributed by atoms with Crippen LogP contribution in [0.25, 0.3) is 0 Å². The number of ether oxygens (including phenoxy) is 2. The SMILES string of the molecule is CC/C=C\C/C=C\C/C=C\C/C=C\C/C=C\CCCCCCCCCCCCCCCCCCCCCCCCCCCC(=O)OC(COC(=O)CCCCCCCCCCCCCCCCCCCCCCC/C=C\CCCCCCCCCC)COP(=O)(O)OCCN. The van der Waals surface area contributed by atoms with Gasteiger partial charge in [-0.3, -0.25) is 18.6 Å². The van der Waals surface area contributed by atoms with Gasteiger partial charge in [0.25, 0.3) is 0 Å². The van der Waals surface area contributed by atoms with Gasteiger partial charge in [0.1, 0.15) is 6.61 Å². The van der Waals surface area contributed by atoms with Crippen LogP contribution in [0, 0.1) is 0 Å². The Morgan fingerprint density at radius 3 is 0.874 bits per heavy atom. The molecule has 0 rings (SSSR count). The Labute approximate surface area is 590 Å². The molecule has 556 valence electrons. The first kappa shape index (κ1) is 92.4. The summed E-state index contributed by atoms with van der Waals surface area (Å²) >= 11 is 0. The summed E-state index contributed by atoms with van der Waals surface area (Å²) < 4.78 is 33.3. The lowest BCUT2D eigenvalue weighted by molar-refractivity contribution is -0.161. The minimum absolute atomic E-state index is 0.0555. The molecule has 0 radical (unpaired) electrons. The van der Waals surface area contributed by atoms with Crippen molar-refractivity contribution < 1.29 is 37.6 Å². The molecular weight excluding hydrogens is 1190 g/mol. The second-order valence-corrected chi connectivity index (χ2v) is 29.4. The number of rotatable bonds is 79. The van der Waals surface area contributed by atoms with Gasteiger partial charge in [0.05, 0.1) is 13.2 Å². The topological polar surface area (TPSA) is 134 Å². The van der Waals surface area contributed by atoms with Crippen molar-refractivity contribution in [2.75, 3.05) is 26.4 Å². The molecule has 0 saturated carbocycles. The third-order valence-corrected chi connectivity index (χ3v) is 19.6. The van der Waals surface area contributed by atoms with E-state index < -0.39 is 26.5 Å². The van der Waals surface area contributed by atoms with E-state index in [0.29, 0.717) is 6.42 Å². The summed E-state index contributed by atoms with van der Waals surface area (Å²) in [5.74, 6) is -0.802. The molecule has 0 aromatic heterocycles. The standard InChI is InChI=1S/C85H158NO8P/c1-3-5-7-9-11-13-15-17-19-21-23-25-27-29-31-33-35-37-38-39-40-41-42-43-44-46-48-50-52-54-56-58-60-62-64-66-68-70-72-74-76-78-85(88)94-83(82-93-95(89,90)92-80-79-86)81-91-84(87)77-75-73-71-69-67-65-63-61-59-57-55-53-51-49-47-45-36-34-32-30-28-26-24-22-20-18-16-14-12-10-8-6-4-2/h5,7,11,13,17,19,22-25,29,31,83H,3-4,6,8-10,12,14-16,18,20-21,26-28,30,32-82,86H2,1-2H3,(H,89,90)/b7-5-,13-11-,19-17-,24-22-,25-23-,31-29-. The van der Waals surface area contributed by atoms with E-state index in [0.717, 1.165) is 64.2 Å². The molecule has 0 aliphatic carbocycles. The molecule has 95 heavy (non-hydrogen) atoms. The van der Waals surface area contributed by atoms with Crippen LogP contribution in [0.2, 0.25) is 0 Å². The molecular formula is C85H158NO8P. The molecule has 3 N–H and O–H groups in total. The third kappa shape index (κ3) is 80.3. The van der Waals surface area contributed by atoms with Gasteiger partial charge < -0.3 is 20.1 Å². The number of carbonyl (C=O) groups excluding carboxylic acids is 2. The molecule has 0 aromatic carbocycles. The molecule has 0 aromatic rings. The smallest absolute Gasteiger partial charge is 0.462 e. The van der Waals surface area contributed by atoms with Gasteiger partial charge in [-0.15, -0.1) is 0 Å². The van der Waals surface area contributed by atoms with Crippen molar-refractivity contribution in [3.8, 4) is 0 Å². The number of hydrogen-bond donors (Lipinski definition) is 2. The fourth-order valence-corrected chi connectivity index (χ4v) is 13.3. The first-order chi connectivity index (χ1) is 46.8. The highest BCUT2D eigenvalue weighted by molar-refractivity contribution is 7.47. The van der Waals surface area contributed by atoms with Crippen LogP contribution in [0.3, 0.4) is 0 Å². The minimum Gasteiger partial charge on any atom is -0.462 e. The Hall–Kier alpha value is -2.55. The van der Waals surface area contributed by atoms with Crippen molar-refractivity contribution in [2.24, 2.45) is 5.73 Å². The van der Waals surface area contributed by atoms with Crippen LogP contribution in [0.15, 0.2) is 72.9 Å². The quantitative estimate of drug-likeness (QED) is 0.0264. The lowest BCUT2D eigenvalue weighted by Gasteiger charge is -2.19. The van der Waals surface area contributed by atoms with Crippen molar-refractivity contribution in [3.63, 3.8) is 0 Å². The molecule has 0 spiro atoms. The fourth-order valence-electron chi connectivity index (χ4n) is 12.5. The lowest BCUT2D eigenvalue weighted by Crippen LogP contribution is -2.29. The molecule has 2 atom stereocenters. The van der Waals surface area contributed by atoms with Crippen LogP contribution < -0.4 is 5.73 Å². The van der Waals surface area contributed by atoms with Gasteiger partial charge in [0.2, 0.25) is 0 Å². The van der Waals surface area contributed by atoms with Gasteiger partial charge in [-0.2, -0.15) is 0 Å². The Balaban J connectivity index is 3.74. The van der Waals surface area contributed by atoms with Crippen molar-refractivity contribution in [2.45, 2.75) is 431 Å². The number of nitrogens with two attached hydrogens (primary N) is 1. The van der Waals surface area contributed by atoms with Crippen LogP contribution >= 0.6 is 7.82 Å². The van der Waals surface area contributed by atoms with Gasteiger partial charge in [-0.05, 0) is 83.5 Å². The Morgan fingerprint density at radius 2 is 0.579 bits per heavy atom. The predicted molar refractivity (Wildman–Crippen MR) is 413 cm³/mol. The Morgan fingerprint density at radius 1 is 0.326 bits per heavy atom. The molecule has 0 aliphatic rings. The van der Waals surface area contributed by atoms with Crippen molar-refractivity contribution in [1.29, 1.82) is 0 Å². The first-order valence-electron chi connectivity index (χ1n) is 41.4. The van der Waals surface area contributed by atoms with Gasteiger partial charge in [-0.1, -0.05) is 401 Å². The average Bonchev–Trinajstić information content (AvgIpc) is 2.75. The van der Waals surface area contributed by atoms with E-state index >= 15 is 0 Å². The maximum atomic E-state index is 12.8. The van der Waals surface area contributed by atoms with Gasteiger partial charge >= 0.3 is 19.8 Å². The molecule has 10 heteroatoms.